The van der Waals surface area contributed by atoms with Crippen molar-refractivity contribution in [1.82, 2.24) is 10.2 Å². The van der Waals surface area contributed by atoms with Crippen LogP contribution in [0.3, 0.4) is 0 Å². The summed E-state index contributed by atoms with van der Waals surface area (Å²) in [7, 11) is 6.00. The van der Waals surface area contributed by atoms with Gasteiger partial charge in [0.25, 0.3) is 0 Å². The topological polar surface area (TPSA) is 28.4 Å². The highest BCUT2D eigenvalue weighted by Gasteiger charge is 2.05. The van der Waals surface area contributed by atoms with E-state index < -0.39 is 0 Å². The molecule has 3 nitrogen and oxygen atoms in total. The van der Waals surface area contributed by atoms with Crippen LogP contribution in [0.15, 0.2) is 16.7 Å². The predicted octanol–water partition coefficient (Wildman–Crippen LogP) is 1.06. The molecule has 0 aromatic carbocycles. The molecular weight excluding hydrogens is 152 g/mol. The van der Waals surface area contributed by atoms with E-state index in [0.29, 0.717) is 0 Å². The van der Waals surface area contributed by atoms with E-state index in [-0.39, 0.29) is 0 Å². The lowest BCUT2D eigenvalue weighted by Gasteiger charge is -2.08. The third-order valence-corrected chi connectivity index (χ3v) is 1.66. The summed E-state index contributed by atoms with van der Waals surface area (Å²) < 4.78 is 5.35. The molecule has 1 aromatic heterocycles. The summed E-state index contributed by atoms with van der Waals surface area (Å²) in [6.45, 7) is 1.74. The summed E-state index contributed by atoms with van der Waals surface area (Å²) in [6, 6.07) is 2.01. The molecule has 0 saturated carbocycles. The Labute approximate surface area is 73.4 Å². The SMILES string of the molecule is CNCc1ccoc1CN(C)C. The molecule has 0 radical (unpaired) electrons. The Bertz CT molecular complexity index is 230. The first-order valence-corrected chi connectivity index (χ1v) is 4.08. The Morgan fingerprint density at radius 1 is 1.50 bits per heavy atom. The van der Waals surface area contributed by atoms with Crippen molar-refractivity contribution >= 4 is 0 Å². The fourth-order valence-corrected chi connectivity index (χ4v) is 1.14. The van der Waals surface area contributed by atoms with Crippen molar-refractivity contribution in [2.75, 3.05) is 21.1 Å². The second-order valence-electron chi connectivity index (χ2n) is 3.14. The summed E-state index contributed by atoms with van der Waals surface area (Å²) >= 11 is 0. The summed E-state index contributed by atoms with van der Waals surface area (Å²) in [6.07, 6.45) is 1.74. The molecular formula is C9H16N2O. The van der Waals surface area contributed by atoms with E-state index in [2.05, 4.69) is 10.2 Å². The van der Waals surface area contributed by atoms with Gasteiger partial charge in [0.2, 0.25) is 0 Å². The summed E-state index contributed by atoms with van der Waals surface area (Å²) in [5, 5.41) is 3.11. The van der Waals surface area contributed by atoms with E-state index in [1.807, 2.05) is 27.2 Å². The van der Waals surface area contributed by atoms with Gasteiger partial charge in [-0.2, -0.15) is 0 Å². The predicted molar refractivity (Wildman–Crippen MR) is 48.9 cm³/mol. The molecule has 1 rings (SSSR count). The van der Waals surface area contributed by atoms with Crippen LogP contribution in [0.1, 0.15) is 11.3 Å². The van der Waals surface area contributed by atoms with Gasteiger partial charge in [-0.1, -0.05) is 0 Å². The highest BCUT2D eigenvalue weighted by molar-refractivity contribution is 5.16. The van der Waals surface area contributed by atoms with Gasteiger partial charge in [0.15, 0.2) is 0 Å². The molecule has 0 amide bonds. The molecule has 0 saturated heterocycles. The van der Waals surface area contributed by atoms with Gasteiger partial charge < -0.3 is 14.6 Å². The quantitative estimate of drug-likeness (QED) is 0.728. The van der Waals surface area contributed by atoms with E-state index >= 15 is 0 Å². The van der Waals surface area contributed by atoms with E-state index in [0.717, 1.165) is 18.8 Å². The highest BCUT2D eigenvalue weighted by Crippen LogP contribution is 2.11. The van der Waals surface area contributed by atoms with Gasteiger partial charge in [0.1, 0.15) is 5.76 Å². The average molecular weight is 168 g/mol. The van der Waals surface area contributed by atoms with Gasteiger partial charge >= 0.3 is 0 Å². The Kier molecular flexibility index (Phi) is 3.31. The van der Waals surface area contributed by atoms with E-state index in [1.165, 1.54) is 5.56 Å². The molecule has 0 aliphatic carbocycles. The van der Waals surface area contributed by atoms with Gasteiger partial charge in [-0.15, -0.1) is 0 Å². The lowest BCUT2D eigenvalue weighted by atomic mass is 10.2. The zero-order valence-electron chi connectivity index (χ0n) is 7.92. The van der Waals surface area contributed by atoms with Crippen molar-refractivity contribution in [3.63, 3.8) is 0 Å². The summed E-state index contributed by atoms with van der Waals surface area (Å²) in [5.41, 5.74) is 1.24. The van der Waals surface area contributed by atoms with E-state index in [4.69, 9.17) is 4.42 Å². The molecule has 0 atom stereocenters. The standard InChI is InChI=1S/C9H16N2O/c1-10-6-8-4-5-12-9(8)7-11(2)3/h4-5,10H,6-7H2,1-3H3. The van der Waals surface area contributed by atoms with Gasteiger partial charge in [-0.3, -0.25) is 0 Å². The number of nitrogens with one attached hydrogen (secondary N) is 1. The van der Waals surface area contributed by atoms with Crippen LogP contribution in [0.4, 0.5) is 0 Å². The summed E-state index contributed by atoms with van der Waals surface area (Å²) in [5.74, 6) is 1.05. The first-order valence-electron chi connectivity index (χ1n) is 4.08. The monoisotopic (exact) mass is 168 g/mol. The second-order valence-corrected chi connectivity index (χ2v) is 3.14. The lowest BCUT2D eigenvalue weighted by Crippen LogP contribution is -2.13. The minimum atomic E-state index is 0.865. The van der Waals surface area contributed by atoms with Crippen LogP contribution in [-0.2, 0) is 13.1 Å². The molecule has 0 aliphatic heterocycles. The molecule has 0 unspecified atom stereocenters. The van der Waals surface area contributed by atoms with Crippen LogP contribution in [0.5, 0.6) is 0 Å². The third-order valence-electron chi connectivity index (χ3n) is 1.66. The molecule has 1 heterocycles. The van der Waals surface area contributed by atoms with Crippen molar-refractivity contribution in [2.24, 2.45) is 0 Å². The lowest BCUT2D eigenvalue weighted by molar-refractivity contribution is 0.347. The number of furan rings is 1. The van der Waals surface area contributed by atoms with Crippen molar-refractivity contribution in [1.29, 1.82) is 0 Å². The fraction of sp³-hybridized carbons (Fsp3) is 0.556. The number of nitrogens with zero attached hydrogens (tertiary/aromatic N) is 1. The maximum atomic E-state index is 5.35. The molecule has 0 bridgehead atoms. The zero-order chi connectivity index (χ0) is 8.97. The molecule has 0 spiro atoms. The van der Waals surface area contributed by atoms with Gasteiger partial charge in [0, 0.05) is 12.1 Å². The summed E-state index contributed by atoms with van der Waals surface area (Å²) in [4.78, 5) is 2.10. The smallest absolute Gasteiger partial charge is 0.122 e. The largest absolute Gasteiger partial charge is 0.468 e. The maximum absolute atomic E-state index is 5.35. The molecule has 12 heavy (non-hydrogen) atoms. The Morgan fingerprint density at radius 3 is 2.83 bits per heavy atom. The van der Waals surface area contributed by atoms with Crippen LogP contribution in [0.25, 0.3) is 0 Å². The Morgan fingerprint density at radius 2 is 2.25 bits per heavy atom. The van der Waals surface area contributed by atoms with E-state index in [9.17, 15) is 0 Å². The van der Waals surface area contributed by atoms with Crippen LogP contribution in [-0.4, -0.2) is 26.0 Å². The van der Waals surface area contributed by atoms with Crippen LogP contribution >= 0.6 is 0 Å². The minimum Gasteiger partial charge on any atom is -0.468 e. The van der Waals surface area contributed by atoms with Crippen molar-refractivity contribution < 1.29 is 4.42 Å². The average Bonchev–Trinajstić information content (AvgIpc) is 2.37. The first-order chi connectivity index (χ1) is 5.74. The van der Waals surface area contributed by atoms with Gasteiger partial charge in [-0.05, 0) is 27.2 Å². The van der Waals surface area contributed by atoms with Crippen LogP contribution in [0, 0.1) is 0 Å². The van der Waals surface area contributed by atoms with Gasteiger partial charge in [-0.25, -0.2) is 0 Å². The molecule has 68 valence electrons. The first kappa shape index (κ1) is 9.29. The Hall–Kier alpha value is -0.800. The minimum absolute atomic E-state index is 0.865. The van der Waals surface area contributed by atoms with Crippen molar-refractivity contribution in [3.8, 4) is 0 Å². The fourth-order valence-electron chi connectivity index (χ4n) is 1.14. The van der Waals surface area contributed by atoms with Crippen molar-refractivity contribution in [2.45, 2.75) is 13.1 Å². The molecule has 0 fully saturated rings. The molecule has 1 N–H and O–H groups in total. The van der Waals surface area contributed by atoms with E-state index in [1.54, 1.807) is 6.26 Å². The van der Waals surface area contributed by atoms with Crippen LogP contribution < -0.4 is 5.32 Å². The zero-order valence-corrected chi connectivity index (χ0v) is 7.92. The number of hydrogen-bond donors (Lipinski definition) is 1. The third kappa shape index (κ3) is 2.36. The number of hydrogen-bond acceptors (Lipinski definition) is 3. The van der Waals surface area contributed by atoms with Crippen LogP contribution in [0.2, 0.25) is 0 Å². The number of rotatable bonds is 4. The normalized spacial score (nSPS) is 11.0. The maximum Gasteiger partial charge on any atom is 0.122 e. The van der Waals surface area contributed by atoms with Crippen molar-refractivity contribution in [3.05, 3.63) is 23.7 Å². The highest BCUT2D eigenvalue weighted by atomic mass is 16.3. The molecule has 0 aliphatic rings. The van der Waals surface area contributed by atoms with Gasteiger partial charge in [0.05, 0.1) is 12.8 Å². The Balaban J connectivity index is 2.63. The second kappa shape index (κ2) is 4.28. The molecule has 1 aromatic rings. The molecule has 3 heteroatoms.